The Kier molecular flexibility index (Phi) is 5.68. The fourth-order valence-electron chi connectivity index (χ4n) is 3.56. The molecule has 0 unspecified atom stereocenters. The van der Waals surface area contributed by atoms with Gasteiger partial charge >= 0.3 is 0 Å². The van der Waals surface area contributed by atoms with E-state index < -0.39 is 0 Å². The maximum atomic E-state index is 12.3. The average Bonchev–Trinajstić information content (AvgIpc) is 3.34. The first-order valence-electron chi connectivity index (χ1n) is 10.0. The summed E-state index contributed by atoms with van der Waals surface area (Å²) in [5.41, 5.74) is 7.22. The monoisotopic (exact) mass is 420 g/mol. The summed E-state index contributed by atoms with van der Waals surface area (Å²) < 4.78 is 7.55. The molecule has 0 aliphatic carbocycles. The van der Waals surface area contributed by atoms with Gasteiger partial charge in [0, 0.05) is 17.4 Å². The van der Waals surface area contributed by atoms with Crippen LogP contribution in [0.1, 0.15) is 40.6 Å². The van der Waals surface area contributed by atoms with Crippen molar-refractivity contribution in [3.8, 4) is 11.5 Å². The van der Waals surface area contributed by atoms with Crippen LogP contribution in [0.5, 0.6) is 0 Å². The van der Waals surface area contributed by atoms with Crippen molar-refractivity contribution >= 4 is 22.9 Å². The number of rotatable bonds is 7. The van der Waals surface area contributed by atoms with Crippen LogP contribution in [-0.2, 0) is 11.3 Å². The number of aryl methyl sites for hydroxylation is 3. The molecule has 3 aromatic heterocycles. The van der Waals surface area contributed by atoms with Gasteiger partial charge in [-0.2, -0.15) is 5.10 Å². The zero-order valence-corrected chi connectivity index (χ0v) is 17.9. The van der Waals surface area contributed by atoms with E-state index in [0.717, 1.165) is 46.5 Å². The summed E-state index contributed by atoms with van der Waals surface area (Å²) >= 11 is 0. The number of carbonyl (C=O) groups is 1. The Morgan fingerprint density at radius 3 is 2.81 bits per heavy atom. The molecule has 4 aromatic rings. The van der Waals surface area contributed by atoms with Gasteiger partial charge in [0.05, 0.1) is 18.9 Å². The predicted octanol–water partition coefficient (Wildman–Crippen LogP) is 3.99. The van der Waals surface area contributed by atoms with Crippen molar-refractivity contribution in [3.63, 3.8) is 0 Å². The van der Waals surface area contributed by atoms with Crippen LogP contribution in [0.15, 0.2) is 41.3 Å². The third-order valence-electron chi connectivity index (χ3n) is 4.97. The standard InChI is InChI=1S/C22H24N6O3/c1-5-6-16-18(22-23-10-14(3)31-22)11-28-19(16)20(24-12-25-28)26-15-8-7-13(2)17(9-15)21(29)27-30-4/h7-12H,5-6H2,1-4H3,(H,27,29)(H,24,25,26). The van der Waals surface area contributed by atoms with E-state index in [-0.39, 0.29) is 5.91 Å². The second kappa shape index (κ2) is 8.57. The second-order valence-electron chi connectivity index (χ2n) is 7.24. The van der Waals surface area contributed by atoms with Crippen molar-refractivity contribution in [1.29, 1.82) is 0 Å². The minimum absolute atomic E-state index is 0.313. The van der Waals surface area contributed by atoms with Crippen molar-refractivity contribution in [1.82, 2.24) is 25.1 Å². The van der Waals surface area contributed by atoms with Crippen LogP contribution in [0.3, 0.4) is 0 Å². The highest BCUT2D eigenvalue weighted by Crippen LogP contribution is 2.33. The summed E-state index contributed by atoms with van der Waals surface area (Å²) in [4.78, 5) is 25.9. The van der Waals surface area contributed by atoms with E-state index in [1.165, 1.54) is 13.4 Å². The molecule has 4 rings (SSSR count). The minimum atomic E-state index is -0.313. The zero-order chi connectivity index (χ0) is 22.0. The number of nitrogens with zero attached hydrogens (tertiary/aromatic N) is 4. The van der Waals surface area contributed by atoms with Gasteiger partial charge in [0.2, 0.25) is 5.89 Å². The van der Waals surface area contributed by atoms with Crippen molar-refractivity contribution in [2.75, 3.05) is 12.4 Å². The Hall–Kier alpha value is -3.72. The Bertz CT molecular complexity index is 1240. The number of carbonyl (C=O) groups excluding carboxylic acids is 1. The van der Waals surface area contributed by atoms with Crippen LogP contribution in [0.4, 0.5) is 11.5 Å². The highest BCUT2D eigenvalue weighted by Gasteiger charge is 2.20. The molecule has 2 N–H and O–H groups in total. The average molecular weight is 420 g/mol. The van der Waals surface area contributed by atoms with E-state index in [2.05, 4.69) is 32.8 Å². The Morgan fingerprint density at radius 1 is 1.26 bits per heavy atom. The molecule has 0 aliphatic rings. The lowest BCUT2D eigenvalue weighted by atomic mass is 10.1. The van der Waals surface area contributed by atoms with E-state index in [0.29, 0.717) is 17.3 Å². The first kappa shape index (κ1) is 20.5. The molecule has 160 valence electrons. The summed E-state index contributed by atoms with van der Waals surface area (Å²) in [5.74, 6) is 1.63. The largest absolute Gasteiger partial charge is 0.441 e. The van der Waals surface area contributed by atoms with Gasteiger partial charge in [-0.15, -0.1) is 0 Å². The van der Waals surface area contributed by atoms with Gasteiger partial charge in [0.25, 0.3) is 5.91 Å². The molecule has 0 fully saturated rings. The van der Waals surface area contributed by atoms with Crippen molar-refractivity contribution in [2.45, 2.75) is 33.6 Å². The molecule has 1 aromatic carbocycles. The van der Waals surface area contributed by atoms with Crippen LogP contribution in [0, 0.1) is 13.8 Å². The van der Waals surface area contributed by atoms with E-state index in [4.69, 9.17) is 9.25 Å². The van der Waals surface area contributed by atoms with Crippen LogP contribution in [0.2, 0.25) is 0 Å². The lowest BCUT2D eigenvalue weighted by molar-refractivity contribution is 0.0537. The van der Waals surface area contributed by atoms with Crippen LogP contribution in [0.25, 0.3) is 17.0 Å². The van der Waals surface area contributed by atoms with Gasteiger partial charge < -0.3 is 9.73 Å². The number of oxazole rings is 1. The van der Waals surface area contributed by atoms with Gasteiger partial charge in [-0.25, -0.2) is 20.0 Å². The lowest BCUT2D eigenvalue weighted by Gasteiger charge is -2.12. The van der Waals surface area contributed by atoms with Crippen molar-refractivity contribution < 1.29 is 14.0 Å². The third kappa shape index (κ3) is 3.99. The molecule has 0 aliphatic heterocycles. The fraction of sp³-hybridized carbons (Fsp3) is 0.273. The molecule has 3 heterocycles. The summed E-state index contributed by atoms with van der Waals surface area (Å²) in [6.07, 6.45) is 6.85. The highest BCUT2D eigenvalue weighted by molar-refractivity contribution is 5.96. The molecular weight excluding hydrogens is 396 g/mol. The zero-order valence-electron chi connectivity index (χ0n) is 17.9. The molecule has 31 heavy (non-hydrogen) atoms. The first-order chi connectivity index (χ1) is 15.0. The van der Waals surface area contributed by atoms with Crippen molar-refractivity contribution in [3.05, 3.63) is 59.4 Å². The summed E-state index contributed by atoms with van der Waals surface area (Å²) in [6.45, 7) is 5.85. The Morgan fingerprint density at radius 2 is 2.10 bits per heavy atom. The molecule has 0 spiro atoms. The van der Waals surface area contributed by atoms with Gasteiger partial charge in [0.15, 0.2) is 5.82 Å². The maximum Gasteiger partial charge on any atom is 0.275 e. The van der Waals surface area contributed by atoms with Crippen LogP contribution < -0.4 is 10.8 Å². The smallest absolute Gasteiger partial charge is 0.275 e. The van der Waals surface area contributed by atoms with Gasteiger partial charge in [-0.05, 0) is 43.5 Å². The number of aromatic nitrogens is 4. The molecular formula is C22H24N6O3. The number of anilines is 2. The number of hydrogen-bond acceptors (Lipinski definition) is 7. The quantitative estimate of drug-likeness (QED) is 0.435. The van der Waals surface area contributed by atoms with Gasteiger partial charge in [-0.1, -0.05) is 19.4 Å². The molecule has 0 saturated carbocycles. The number of benzene rings is 1. The van der Waals surface area contributed by atoms with E-state index in [1.54, 1.807) is 16.8 Å². The molecule has 0 saturated heterocycles. The maximum absolute atomic E-state index is 12.3. The summed E-state index contributed by atoms with van der Waals surface area (Å²) in [5, 5.41) is 7.72. The summed E-state index contributed by atoms with van der Waals surface area (Å²) in [7, 11) is 1.40. The van der Waals surface area contributed by atoms with E-state index in [1.807, 2.05) is 32.2 Å². The van der Waals surface area contributed by atoms with Crippen molar-refractivity contribution in [2.24, 2.45) is 0 Å². The number of hydroxylamine groups is 1. The SMILES string of the molecule is CCCc1c(-c2ncc(C)o2)cn2ncnc(Nc3ccc(C)c(C(=O)NOC)c3)c12. The van der Waals surface area contributed by atoms with E-state index in [9.17, 15) is 4.79 Å². The number of nitrogens with one attached hydrogen (secondary N) is 2. The number of fused-ring (bicyclic) bond motifs is 1. The third-order valence-corrected chi connectivity index (χ3v) is 4.97. The number of hydrogen-bond donors (Lipinski definition) is 2. The highest BCUT2D eigenvalue weighted by atomic mass is 16.6. The minimum Gasteiger partial charge on any atom is -0.441 e. The molecule has 1 amide bonds. The molecule has 0 atom stereocenters. The van der Waals surface area contributed by atoms with Crippen LogP contribution >= 0.6 is 0 Å². The van der Waals surface area contributed by atoms with Gasteiger partial charge in [0.1, 0.15) is 17.6 Å². The predicted molar refractivity (Wildman–Crippen MR) is 116 cm³/mol. The van der Waals surface area contributed by atoms with Gasteiger partial charge in [-0.3, -0.25) is 9.63 Å². The lowest BCUT2D eigenvalue weighted by Crippen LogP contribution is -2.22. The normalized spacial score (nSPS) is 11.1. The fourth-order valence-corrected chi connectivity index (χ4v) is 3.56. The molecule has 0 radical (unpaired) electrons. The molecule has 9 heteroatoms. The first-order valence-corrected chi connectivity index (χ1v) is 10.0. The molecule has 9 nitrogen and oxygen atoms in total. The second-order valence-corrected chi connectivity index (χ2v) is 7.24. The van der Waals surface area contributed by atoms with Crippen LogP contribution in [-0.4, -0.2) is 32.6 Å². The Balaban J connectivity index is 1.79. The van der Waals surface area contributed by atoms with E-state index >= 15 is 0 Å². The topological polar surface area (TPSA) is 107 Å². The Labute approximate surface area is 179 Å². The summed E-state index contributed by atoms with van der Waals surface area (Å²) in [6, 6.07) is 5.54. The molecule has 0 bridgehead atoms. The number of amides is 1.